The highest BCUT2D eigenvalue weighted by molar-refractivity contribution is 5.98. The zero-order valence-corrected chi connectivity index (χ0v) is 14.1. The maximum atomic E-state index is 12.9. The molecule has 3 rings (SSSR count). The second kappa shape index (κ2) is 7.99. The van der Waals surface area contributed by atoms with E-state index >= 15 is 0 Å². The first kappa shape index (κ1) is 19.2. The molecule has 2 heterocycles. The standard InChI is InChI=1S/C18H12F4N4O2/c19-17(20)18(21,22)28-14-6-3-12(4-7-14)15-8-5-13(11-23-15)16(27)25-26-10-2-1-9-24-26/h1-11,17H/p+1. The van der Waals surface area contributed by atoms with Crippen LogP contribution in [-0.2, 0) is 0 Å². The number of nitrogens with zero attached hydrogens (tertiary/aromatic N) is 3. The average molecular weight is 393 g/mol. The molecule has 0 radical (unpaired) electrons. The SMILES string of the molecule is O=C(N[n+]1ccccn1)c1ccc(-c2ccc(OC(F)(F)C(F)F)cc2)nc1. The summed E-state index contributed by atoms with van der Waals surface area (Å²) in [5.74, 6) is -0.835. The Morgan fingerprint density at radius 3 is 2.43 bits per heavy atom. The Bertz CT molecular complexity index is 936. The van der Waals surface area contributed by atoms with E-state index in [4.69, 9.17) is 0 Å². The van der Waals surface area contributed by atoms with Crippen molar-refractivity contribution in [1.29, 1.82) is 0 Å². The van der Waals surface area contributed by atoms with Gasteiger partial charge in [-0.05, 0) is 42.5 Å². The van der Waals surface area contributed by atoms with E-state index in [0.29, 0.717) is 11.3 Å². The predicted octanol–water partition coefficient (Wildman–Crippen LogP) is 3.05. The molecule has 28 heavy (non-hydrogen) atoms. The van der Waals surface area contributed by atoms with Crippen molar-refractivity contribution in [2.24, 2.45) is 0 Å². The first-order chi connectivity index (χ1) is 13.3. The molecule has 0 unspecified atom stereocenters. The molecule has 0 fully saturated rings. The predicted molar refractivity (Wildman–Crippen MR) is 89.4 cm³/mol. The van der Waals surface area contributed by atoms with Gasteiger partial charge in [0.05, 0.1) is 17.5 Å². The average Bonchev–Trinajstić information content (AvgIpc) is 2.69. The Morgan fingerprint density at radius 2 is 1.86 bits per heavy atom. The summed E-state index contributed by atoms with van der Waals surface area (Å²) in [4.78, 5) is 17.5. The normalized spacial score (nSPS) is 11.3. The molecule has 0 aliphatic carbocycles. The number of halogens is 4. The van der Waals surface area contributed by atoms with Crippen LogP contribution in [0.15, 0.2) is 67.1 Å². The van der Waals surface area contributed by atoms with E-state index in [1.807, 2.05) is 0 Å². The van der Waals surface area contributed by atoms with Crippen molar-refractivity contribution >= 4 is 5.91 Å². The van der Waals surface area contributed by atoms with Crippen LogP contribution in [0.5, 0.6) is 5.75 Å². The summed E-state index contributed by atoms with van der Waals surface area (Å²) in [7, 11) is 0. The Morgan fingerprint density at radius 1 is 1.11 bits per heavy atom. The first-order valence-electron chi connectivity index (χ1n) is 7.91. The number of pyridine rings is 1. The van der Waals surface area contributed by atoms with Crippen LogP contribution in [0.1, 0.15) is 10.4 Å². The Kier molecular flexibility index (Phi) is 5.48. The highest BCUT2D eigenvalue weighted by Crippen LogP contribution is 2.29. The van der Waals surface area contributed by atoms with E-state index in [2.05, 4.69) is 20.2 Å². The molecule has 0 saturated carbocycles. The largest absolute Gasteiger partial charge is 0.461 e. The molecule has 6 nitrogen and oxygen atoms in total. The van der Waals surface area contributed by atoms with Gasteiger partial charge in [-0.25, -0.2) is 0 Å². The fourth-order valence-corrected chi connectivity index (χ4v) is 2.16. The highest BCUT2D eigenvalue weighted by atomic mass is 19.3. The van der Waals surface area contributed by atoms with Gasteiger partial charge < -0.3 is 4.74 Å². The molecule has 0 aliphatic rings. The van der Waals surface area contributed by atoms with Gasteiger partial charge in [-0.1, -0.05) is 5.43 Å². The lowest BCUT2D eigenvalue weighted by Gasteiger charge is -2.16. The summed E-state index contributed by atoms with van der Waals surface area (Å²) in [6.07, 6.45) is -4.10. The smallest absolute Gasteiger partial charge is 0.428 e. The number of ether oxygens (including phenoxy) is 1. The van der Waals surface area contributed by atoms with E-state index in [-0.39, 0.29) is 5.56 Å². The molecular weight excluding hydrogens is 380 g/mol. The van der Waals surface area contributed by atoms with E-state index in [0.717, 1.165) is 12.1 Å². The number of amides is 1. The molecule has 2 aromatic heterocycles. The monoisotopic (exact) mass is 393 g/mol. The molecule has 10 heteroatoms. The summed E-state index contributed by atoms with van der Waals surface area (Å²) in [6, 6.07) is 11.5. The third-order valence-corrected chi connectivity index (χ3v) is 3.52. The minimum atomic E-state index is -4.57. The van der Waals surface area contributed by atoms with Crippen LogP contribution in [0.3, 0.4) is 0 Å². The number of benzene rings is 1. The van der Waals surface area contributed by atoms with Crippen LogP contribution < -0.4 is 15.0 Å². The van der Waals surface area contributed by atoms with Crippen molar-refractivity contribution in [3.05, 3.63) is 72.7 Å². The van der Waals surface area contributed by atoms with E-state index < -0.39 is 24.2 Å². The number of carbonyl (C=O) groups excluding carboxylic acids is 1. The van der Waals surface area contributed by atoms with Crippen LogP contribution in [-0.4, -0.2) is 28.5 Å². The Balaban J connectivity index is 1.68. The Hall–Kier alpha value is -3.56. The molecule has 0 aliphatic heterocycles. The zero-order chi connectivity index (χ0) is 20.1. The molecular formula is C18H13F4N4O2+. The van der Waals surface area contributed by atoms with E-state index in [1.165, 1.54) is 35.4 Å². The summed E-state index contributed by atoms with van der Waals surface area (Å²) in [5, 5.41) is 3.91. The lowest BCUT2D eigenvalue weighted by Crippen LogP contribution is -2.50. The van der Waals surface area contributed by atoms with Gasteiger partial charge in [0.2, 0.25) is 6.20 Å². The number of hydrogen-bond acceptors (Lipinski definition) is 4. The van der Waals surface area contributed by atoms with Crippen LogP contribution in [0.25, 0.3) is 11.3 Å². The number of alkyl halides is 4. The Labute approximate surface area is 156 Å². The van der Waals surface area contributed by atoms with Crippen molar-refractivity contribution in [3.8, 4) is 17.0 Å². The fourth-order valence-electron chi connectivity index (χ4n) is 2.16. The molecule has 1 amide bonds. The summed E-state index contributed by atoms with van der Waals surface area (Å²) in [6.45, 7) is 0. The minimum Gasteiger partial charge on any atom is -0.428 e. The summed E-state index contributed by atoms with van der Waals surface area (Å²) >= 11 is 0. The second-order valence-corrected chi connectivity index (χ2v) is 5.51. The second-order valence-electron chi connectivity index (χ2n) is 5.51. The van der Waals surface area contributed by atoms with Crippen molar-refractivity contribution < 1.29 is 31.9 Å². The van der Waals surface area contributed by atoms with E-state index in [1.54, 1.807) is 24.4 Å². The van der Waals surface area contributed by atoms with Gasteiger partial charge >= 0.3 is 18.4 Å². The lowest BCUT2D eigenvalue weighted by atomic mass is 10.1. The highest BCUT2D eigenvalue weighted by Gasteiger charge is 2.43. The van der Waals surface area contributed by atoms with Crippen molar-refractivity contribution in [1.82, 2.24) is 10.1 Å². The van der Waals surface area contributed by atoms with Gasteiger partial charge in [0.25, 0.3) is 0 Å². The fraction of sp³-hybridized carbons (Fsp3) is 0.111. The number of rotatable bonds is 6. The minimum absolute atomic E-state index is 0.276. The molecule has 0 bridgehead atoms. The molecule has 144 valence electrons. The van der Waals surface area contributed by atoms with Crippen LogP contribution >= 0.6 is 0 Å². The number of nitrogens with one attached hydrogen (secondary N) is 1. The number of carbonyl (C=O) groups is 1. The quantitative estimate of drug-likeness (QED) is 0.516. The maximum absolute atomic E-state index is 12.9. The zero-order valence-electron chi connectivity index (χ0n) is 14.1. The van der Waals surface area contributed by atoms with Gasteiger partial charge in [0.15, 0.2) is 0 Å². The van der Waals surface area contributed by atoms with Gasteiger partial charge in [-0.3, -0.25) is 9.78 Å². The molecule has 0 saturated heterocycles. The first-order valence-corrected chi connectivity index (χ1v) is 7.91. The molecule has 0 spiro atoms. The van der Waals surface area contributed by atoms with Crippen LogP contribution in [0, 0.1) is 0 Å². The van der Waals surface area contributed by atoms with Crippen molar-refractivity contribution in [3.63, 3.8) is 0 Å². The lowest BCUT2D eigenvalue weighted by molar-refractivity contribution is -0.702. The summed E-state index contributed by atoms with van der Waals surface area (Å²) in [5.41, 5.74) is 3.79. The summed E-state index contributed by atoms with van der Waals surface area (Å²) < 4.78 is 54.1. The maximum Gasteiger partial charge on any atom is 0.461 e. The van der Waals surface area contributed by atoms with Crippen molar-refractivity contribution in [2.45, 2.75) is 12.5 Å². The van der Waals surface area contributed by atoms with Crippen molar-refractivity contribution in [2.75, 3.05) is 5.43 Å². The van der Waals surface area contributed by atoms with Crippen LogP contribution in [0.4, 0.5) is 17.6 Å². The van der Waals surface area contributed by atoms with Gasteiger partial charge in [-0.15, -0.1) is 0 Å². The van der Waals surface area contributed by atoms with Gasteiger partial charge in [0.1, 0.15) is 5.75 Å². The number of hydrogen-bond donors (Lipinski definition) is 1. The third-order valence-electron chi connectivity index (χ3n) is 3.52. The molecule has 0 atom stereocenters. The van der Waals surface area contributed by atoms with E-state index in [9.17, 15) is 22.4 Å². The topological polar surface area (TPSA) is 68.0 Å². The van der Waals surface area contributed by atoms with Crippen LogP contribution in [0.2, 0.25) is 0 Å². The molecule has 3 aromatic rings. The number of aromatic nitrogens is 3. The molecule has 1 aromatic carbocycles. The molecule has 1 N–H and O–H groups in total. The van der Waals surface area contributed by atoms with Gasteiger partial charge in [0, 0.05) is 27.7 Å². The van der Waals surface area contributed by atoms with Gasteiger partial charge in [-0.2, -0.15) is 17.6 Å². The third kappa shape index (κ3) is 4.58.